The highest BCUT2D eigenvalue weighted by Crippen LogP contribution is 2.11. The maximum Gasteiger partial charge on any atom is 0.259 e. The number of amides is 1. The maximum absolute atomic E-state index is 12.2. The van der Waals surface area contributed by atoms with Gasteiger partial charge in [-0.3, -0.25) is 14.0 Å². The lowest BCUT2D eigenvalue weighted by Crippen LogP contribution is -2.38. The monoisotopic (exact) mass is 286 g/mol. The molecule has 1 aliphatic rings. The standard InChI is InChI=1S/C15H18N4O2/c1-17(11-15(21)18-7-4-5-8-18)13-10-14(20)19-9-3-2-6-12(19)16-13/h2-3,6,9-10H,4-5,7-8,11H2,1H3. The third-order valence-corrected chi connectivity index (χ3v) is 3.78. The largest absolute Gasteiger partial charge is 0.350 e. The van der Waals surface area contributed by atoms with Crippen LogP contribution in [-0.2, 0) is 4.79 Å². The van der Waals surface area contributed by atoms with Crippen molar-refractivity contribution in [1.29, 1.82) is 0 Å². The Hall–Kier alpha value is -2.37. The van der Waals surface area contributed by atoms with Crippen LogP contribution in [0.3, 0.4) is 0 Å². The first-order valence-corrected chi connectivity index (χ1v) is 7.12. The van der Waals surface area contributed by atoms with Gasteiger partial charge < -0.3 is 9.80 Å². The summed E-state index contributed by atoms with van der Waals surface area (Å²) in [6, 6.07) is 6.86. The normalized spacial score (nSPS) is 14.6. The number of carbonyl (C=O) groups is 1. The molecule has 0 spiro atoms. The van der Waals surface area contributed by atoms with Gasteiger partial charge in [-0.25, -0.2) is 4.98 Å². The molecule has 0 aromatic carbocycles. The fourth-order valence-electron chi connectivity index (χ4n) is 2.59. The van der Waals surface area contributed by atoms with Crippen molar-refractivity contribution in [3.05, 3.63) is 40.8 Å². The van der Waals surface area contributed by atoms with Crippen molar-refractivity contribution in [2.75, 3.05) is 31.6 Å². The average molecular weight is 286 g/mol. The Morgan fingerprint density at radius 1 is 1.33 bits per heavy atom. The molecule has 3 rings (SSSR count). The van der Waals surface area contributed by atoms with E-state index in [9.17, 15) is 9.59 Å². The van der Waals surface area contributed by atoms with Crippen molar-refractivity contribution in [3.8, 4) is 0 Å². The lowest BCUT2D eigenvalue weighted by molar-refractivity contribution is -0.128. The Morgan fingerprint density at radius 2 is 2.10 bits per heavy atom. The molecular weight excluding hydrogens is 268 g/mol. The summed E-state index contributed by atoms with van der Waals surface area (Å²) in [6.45, 7) is 1.91. The molecule has 2 aromatic heterocycles. The van der Waals surface area contributed by atoms with E-state index in [1.165, 1.54) is 10.5 Å². The van der Waals surface area contributed by atoms with E-state index >= 15 is 0 Å². The topological polar surface area (TPSA) is 57.9 Å². The Bertz CT molecular complexity index is 719. The van der Waals surface area contributed by atoms with Crippen LogP contribution in [0.1, 0.15) is 12.8 Å². The van der Waals surface area contributed by atoms with E-state index in [0.29, 0.717) is 11.5 Å². The predicted octanol–water partition coefficient (Wildman–Crippen LogP) is 0.753. The van der Waals surface area contributed by atoms with Crippen LogP contribution in [0, 0.1) is 0 Å². The molecule has 0 bridgehead atoms. The molecule has 110 valence electrons. The molecule has 1 saturated heterocycles. The summed E-state index contributed by atoms with van der Waals surface area (Å²) in [5, 5.41) is 0. The van der Waals surface area contributed by atoms with E-state index < -0.39 is 0 Å². The second-order valence-corrected chi connectivity index (χ2v) is 5.33. The predicted molar refractivity (Wildman–Crippen MR) is 80.5 cm³/mol. The quantitative estimate of drug-likeness (QED) is 0.835. The maximum atomic E-state index is 12.2. The van der Waals surface area contributed by atoms with Crippen LogP contribution in [0.4, 0.5) is 5.82 Å². The Balaban J connectivity index is 1.82. The van der Waals surface area contributed by atoms with Crippen LogP contribution < -0.4 is 10.5 Å². The number of hydrogen-bond acceptors (Lipinski definition) is 4. The third kappa shape index (κ3) is 2.74. The minimum Gasteiger partial charge on any atom is -0.350 e. The van der Waals surface area contributed by atoms with Gasteiger partial charge in [0.05, 0.1) is 6.54 Å². The molecule has 0 radical (unpaired) electrons. The van der Waals surface area contributed by atoms with Gasteiger partial charge in [0.2, 0.25) is 5.91 Å². The highest BCUT2D eigenvalue weighted by molar-refractivity contribution is 5.81. The van der Waals surface area contributed by atoms with Crippen LogP contribution in [-0.4, -0.2) is 46.9 Å². The summed E-state index contributed by atoms with van der Waals surface area (Å²) < 4.78 is 1.49. The number of carbonyl (C=O) groups excluding carboxylic acids is 1. The van der Waals surface area contributed by atoms with Crippen molar-refractivity contribution in [1.82, 2.24) is 14.3 Å². The zero-order valence-electron chi connectivity index (χ0n) is 12.0. The lowest BCUT2D eigenvalue weighted by Gasteiger charge is -2.22. The van der Waals surface area contributed by atoms with Crippen LogP contribution >= 0.6 is 0 Å². The summed E-state index contributed by atoms with van der Waals surface area (Å²) in [6.07, 6.45) is 3.83. The molecule has 1 amide bonds. The van der Waals surface area contributed by atoms with Crippen LogP contribution in [0.2, 0.25) is 0 Å². The van der Waals surface area contributed by atoms with Gasteiger partial charge >= 0.3 is 0 Å². The first-order chi connectivity index (χ1) is 10.1. The van der Waals surface area contributed by atoms with Crippen molar-refractivity contribution in [2.24, 2.45) is 0 Å². The molecule has 1 aliphatic heterocycles. The number of rotatable bonds is 3. The van der Waals surface area contributed by atoms with Crippen molar-refractivity contribution >= 4 is 17.4 Å². The van der Waals surface area contributed by atoms with Gasteiger partial charge in [-0.1, -0.05) is 6.07 Å². The summed E-state index contributed by atoms with van der Waals surface area (Å²) >= 11 is 0. The lowest BCUT2D eigenvalue weighted by atomic mass is 10.4. The summed E-state index contributed by atoms with van der Waals surface area (Å²) in [7, 11) is 1.79. The number of nitrogens with zero attached hydrogens (tertiary/aromatic N) is 4. The molecule has 6 nitrogen and oxygen atoms in total. The molecule has 0 unspecified atom stereocenters. The van der Waals surface area contributed by atoms with E-state index in [1.54, 1.807) is 30.3 Å². The van der Waals surface area contributed by atoms with Crippen LogP contribution in [0.15, 0.2) is 35.3 Å². The van der Waals surface area contributed by atoms with Gasteiger partial charge in [0.25, 0.3) is 5.56 Å². The molecule has 0 saturated carbocycles. The Morgan fingerprint density at radius 3 is 2.86 bits per heavy atom. The highest BCUT2D eigenvalue weighted by Gasteiger charge is 2.19. The van der Waals surface area contributed by atoms with E-state index in [2.05, 4.69) is 4.98 Å². The zero-order chi connectivity index (χ0) is 14.8. The summed E-state index contributed by atoms with van der Waals surface area (Å²) in [4.78, 5) is 32.2. The SMILES string of the molecule is CN(CC(=O)N1CCCC1)c1cc(=O)n2ccccc2n1. The number of likely N-dealkylation sites (N-methyl/N-ethyl adjacent to an activating group) is 1. The molecule has 2 aromatic rings. The number of aromatic nitrogens is 2. The number of fused-ring (bicyclic) bond motifs is 1. The molecule has 0 N–H and O–H groups in total. The summed E-state index contributed by atoms with van der Waals surface area (Å²) in [5.41, 5.74) is 0.441. The van der Waals surface area contributed by atoms with E-state index in [0.717, 1.165) is 25.9 Å². The van der Waals surface area contributed by atoms with Gasteiger partial charge in [0.1, 0.15) is 11.5 Å². The Kier molecular flexibility index (Phi) is 3.60. The molecule has 1 fully saturated rings. The molecule has 0 aliphatic carbocycles. The van der Waals surface area contributed by atoms with Gasteiger partial charge in [-0.15, -0.1) is 0 Å². The van der Waals surface area contributed by atoms with E-state index in [1.807, 2.05) is 11.0 Å². The molecule has 6 heteroatoms. The number of likely N-dealkylation sites (tertiary alicyclic amines) is 1. The molecule has 0 atom stereocenters. The number of hydrogen-bond donors (Lipinski definition) is 0. The second kappa shape index (κ2) is 5.55. The van der Waals surface area contributed by atoms with Gasteiger partial charge in [0.15, 0.2) is 0 Å². The molecule has 21 heavy (non-hydrogen) atoms. The van der Waals surface area contributed by atoms with Crippen molar-refractivity contribution in [2.45, 2.75) is 12.8 Å². The minimum atomic E-state index is -0.143. The van der Waals surface area contributed by atoms with Gasteiger partial charge in [-0.05, 0) is 25.0 Å². The average Bonchev–Trinajstić information content (AvgIpc) is 3.01. The van der Waals surface area contributed by atoms with Crippen molar-refractivity contribution < 1.29 is 4.79 Å². The fraction of sp³-hybridized carbons (Fsp3) is 0.400. The fourth-order valence-corrected chi connectivity index (χ4v) is 2.59. The second-order valence-electron chi connectivity index (χ2n) is 5.33. The smallest absolute Gasteiger partial charge is 0.259 e. The number of pyridine rings is 1. The van der Waals surface area contributed by atoms with Crippen molar-refractivity contribution in [3.63, 3.8) is 0 Å². The van der Waals surface area contributed by atoms with E-state index in [-0.39, 0.29) is 18.0 Å². The van der Waals surface area contributed by atoms with Crippen LogP contribution in [0.5, 0.6) is 0 Å². The summed E-state index contributed by atoms with van der Waals surface area (Å²) in [5.74, 6) is 0.615. The first kappa shape index (κ1) is 13.6. The van der Waals surface area contributed by atoms with Gasteiger partial charge in [0, 0.05) is 32.4 Å². The number of anilines is 1. The van der Waals surface area contributed by atoms with Gasteiger partial charge in [-0.2, -0.15) is 0 Å². The zero-order valence-corrected chi connectivity index (χ0v) is 12.0. The third-order valence-electron chi connectivity index (χ3n) is 3.78. The van der Waals surface area contributed by atoms with E-state index in [4.69, 9.17) is 0 Å². The van der Waals surface area contributed by atoms with Crippen LogP contribution in [0.25, 0.3) is 5.65 Å². The highest BCUT2D eigenvalue weighted by atomic mass is 16.2. The molecular formula is C15H18N4O2. The minimum absolute atomic E-state index is 0.0880. The Labute approximate surface area is 122 Å². The molecule has 3 heterocycles. The first-order valence-electron chi connectivity index (χ1n) is 7.12.